The molecule has 1 atom stereocenters. The van der Waals surface area contributed by atoms with Crippen LogP contribution in [-0.4, -0.2) is 30.5 Å². The molecule has 2 fully saturated rings. The maximum atomic E-state index is 12.6. The molecule has 0 N–H and O–H groups in total. The van der Waals surface area contributed by atoms with Gasteiger partial charge in [0.1, 0.15) is 5.75 Å². The summed E-state index contributed by atoms with van der Waals surface area (Å²) in [5.41, 5.74) is 0.755. The first-order chi connectivity index (χ1) is 9.29. The van der Waals surface area contributed by atoms with Crippen molar-refractivity contribution in [3.05, 3.63) is 29.8 Å². The Morgan fingerprint density at radius 2 is 2.11 bits per heavy atom. The summed E-state index contributed by atoms with van der Waals surface area (Å²) >= 11 is 0. The first-order valence-corrected chi connectivity index (χ1v) is 7.24. The Kier molecular flexibility index (Phi) is 3.45. The van der Waals surface area contributed by atoms with Crippen molar-refractivity contribution in [2.24, 2.45) is 5.92 Å². The smallest absolute Gasteiger partial charge is 0.254 e. The molecule has 3 nitrogen and oxygen atoms in total. The fourth-order valence-corrected chi connectivity index (χ4v) is 3.28. The molecular weight excluding hydrogens is 238 g/mol. The predicted octanol–water partition coefficient (Wildman–Crippen LogP) is 3.10. The lowest BCUT2D eigenvalue weighted by Gasteiger charge is -2.37. The summed E-state index contributed by atoms with van der Waals surface area (Å²) in [5.74, 6) is 1.68. The van der Waals surface area contributed by atoms with Gasteiger partial charge in [0.05, 0.1) is 7.11 Å². The van der Waals surface area contributed by atoms with Gasteiger partial charge in [-0.25, -0.2) is 0 Å². The highest BCUT2D eigenvalue weighted by molar-refractivity contribution is 5.95. The van der Waals surface area contributed by atoms with E-state index in [0.717, 1.165) is 30.2 Å². The minimum Gasteiger partial charge on any atom is -0.497 e. The van der Waals surface area contributed by atoms with Crippen molar-refractivity contribution in [2.45, 2.75) is 38.1 Å². The summed E-state index contributed by atoms with van der Waals surface area (Å²) < 4.78 is 5.20. The fraction of sp³-hybridized carbons (Fsp3) is 0.562. The third-order valence-corrected chi connectivity index (χ3v) is 4.57. The highest BCUT2D eigenvalue weighted by atomic mass is 16.5. The molecule has 102 valence electrons. The average molecular weight is 259 g/mol. The third-order valence-electron chi connectivity index (χ3n) is 4.57. The van der Waals surface area contributed by atoms with E-state index < -0.39 is 0 Å². The zero-order valence-corrected chi connectivity index (χ0v) is 11.5. The van der Waals surface area contributed by atoms with Crippen LogP contribution in [0.5, 0.6) is 5.75 Å². The van der Waals surface area contributed by atoms with Gasteiger partial charge < -0.3 is 9.64 Å². The molecule has 0 aromatic heterocycles. The molecule has 1 amide bonds. The zero-order chi connectivity index (χ0) is 13.2. The second-order valence-corrected chi connectivity index (χ2v) is 5.63. The fourth-order valence-electron chi connectivity index (χ4n) is 3.28. The highest BCUT2D eigenvalue weighted by Crippen LogP contribution is 2.37. The van der Waals surface area contributed by atoms with E-state index in [4.69, 9.17) is 4.74 Å². The van der Waals surface area contributed by atoms with Gasteiger partial charge in [-0.1, -0.05) is 12.5 Å². The number of carbonyl (C=O) groups is 1. The maximum Gasteiger partial charge on any atom is 0.254 e. The highest BCUT2D eigenvalue weighted by Gasteiger charge is 2.37. The van der Waals surface area contributed by atoms with Crippen LogP contribution in [0, 0.1) is 5.92 Å². The lowest BCUT2D eigenvalue weighted by atomic mass is 9.78. The number of amides is 1. The number of carbonyl (C=O) groups excluding carboxylic acids is 1. The van der Waals surface area contributed by atoms with Crippen LogP contribution in [0.25, 0.3) is 0 Å². The minimum absolute atomic E-state index is 0.174. The van der Waals surface area contributed by atoms with Crippen molar-refractivity contribution >= 4 is 5.91 Å². The molecule has 0 radical (unpaired) electrons. The molecule has 2 aliphatic rings. The van der Waals surface area contributed by atoms with E-state index >= 15 is 0 Å². The van der Waals surface area contributed by atoms with Gasteiger partial charge >= 0.3 is 0 Å². The van der Waals surface area contributed by atoms with Crippen LogP contribution in [0.15, 0.2) is 24.3 Å². The number of nitrogens with zero attached hydrogens (tertiary/aromatic N) is 1. The van der Waals surface area contributed by atoms with Gasteiger partial charge in [-0.15, -0.1) is 0 Å². The van der Waals surface area contributed by atoms with Crippen LogP contribution in [0.4, 0.5) is 0 Å². The largest absolute Gasteiger partial charge is 0.497 e. The number of methoxy groups -OCH3 is 1. The molecule has 1 heterocycles. The number of likely N-dealkylation sites (tertiary alicyclic amines) is 1. The number of rotatable bonds is 3. The Bertz CT molecular complexity index is 468. The molecule has 0 spiro atoms. The summed E-state index contributed by atoms with van der Waals surface area (Å²) in [7, 11) is 1.64. The van der Waals surface area contributed by atoms with Gasteiger partial charge in [-0.05, 0) is 49.8 Å². The monoisotopic (exact) mass is 259 g/mol. The lowest BCUT2D eigenvalue weighted by molar-refractivity contribution is 0.0626. The molecule has 1 unspecified atom stereocenters. The van der Waals surface area contributed by atoms with Crippen LogP contribution in [0.1, 0.15) is 42.5 Å². The standard InChI is InChI=1S/C16H21NO2/c1-19-14-8-3-7-13(11-14)16(18)17-10-4-9-15(17)12-5-2-6-12/h3,7-8,11-12,15H,2,4-6,9-10H2,1H3. The van der Waals surface area contributed by atoms with Gasteiger partial charge in [-0.2, -0.15) is 0 Å². The normalized spacial score (nSPS) is 23.2. The molecule has 0 bridgehead atoms. The van der Waals surface area contributed by atoms with Crippen LogP contribution in [0.2, 0.25) is 0 Å². The van der Waals surface area contributed by atoms with Gasteiger partial charge in [0.25, 0.3) is 5.91 Å². The quantitative estimate of drug-likeness (QED) is 0.834. The minimum atomic E-state index is 0.174. The molecule has 1 saturated heterocycles. The SMILES string of the molecule is COc1cccc(C(=O)N2CCCC2C2CCC2)c1. The first-order valence-electron chi connectivity index (χ1n) is 7.24. The third kappa shape index (κ3) is 2.34. The number of hydrogen-bond donors (Lipinski definition) is 0. The molecule has 3 rings (SSSR count). The Hall–Kier alpha value is -1.51. The second-order valence-electron chi connectivity index (χ2n) is 5.63. The molecular formula is C16H21NO2. The lowest BCUT2D eigenvalue weighted by Crippen LogP contribution is -2.42. The van der Waals surface area contributed by atoms with Gasteiger partial charge in [0.2, 0.25) is 0 Å². The Balaban J connectivity index is 1.78. The van der Waals surface area contributed by atoms with E-state index in [1.807, 2.05) is 24.3 Å². The summed E-state index contributed by atoms with van der Waals surface area (Å²) in [6.45, 7) is 0.914. The van der Waals surface area contributed by atoms with E-state index in [-0.39, 0.29) is 5.91 Å². The molecule has 1 aliphatic heterocycles. The average Bonchev–Trinajstić information content (AvgIpc) is 2.85. The zero-order valence-electron chi connectivity index (χ0n) is 11.5. The van der Waals surface area contributed by atoms with Crippen LogP contribution < -0.4 is 4.74 Å². The molecule has 1 aromatic carbocycles. The Morgan fingerprint density at radius 1 is 1.26 bits per heavy atom. The molecule has 1 aliphatic carbocycles. The van der Waals surface area contributed by atoms with E-state index in [9.17, 15) is 4.79 Å². The Morgan fingerprint density at radius 3 is 2.79 bits per heavy atom. The van der Waals surface area contributed by atoms with E-state index in [2.05, 4.69) is 4.90 Å². The van der Waals surface area contributed by atoms with E-state index in [0.29, 0.717) is 6.04 Å². The summed E-state index contributed by atoms with van der Waals surface area (Å²) in [5, 5.41) is 0. The van der Waals surface area contributed by atoms with Gasteiger partial charge in [0.15, 0.2) is 0 Å². The van der Waals surface area contributed by atoms with Gasteiger partial charge in [-0.3, -0.25) is 4.79 Å². The number of hydrogen-bond acceptors (Lipinski definition) is 2. The molecule has 19 heavy (non-hydrogen) atoms. The summed E-state index contributed by atoms with van der Waals surface area (Å²) in [4.78, 5) is 14.7. The van der Waals surface area contributed by atoms with Crippen LogP contribution in [0.3, 0.4) is 0 Å². The van der Waals surface area contributed by atoms with Crippen molar-refractivity contribution in [2.75, 3.05) is 13.7 Å². The van der Waals surface area contributed by atoms with E-state index in [1.165, 1.54) is 25.7 Å². The second kappa shape index (κ2) is 5.24. The van der Waals surface area contributed by atoms with Crippen molar-refractivity contribution < 1.29 is 9.53 Å². The summed E-state index contributed by atoms with van der Waals surface area (Å²) in [6.07, 6.45) is 6.26. The maximum absolute atomic E-state index is 12.6. The van der Waals surface area contributed by atoms with Crippen molar-refractivity contribution in [1.29, 1.82) is 0 Å². The van der Waals surface area contributed by atoms with Crippen molar-refractivity contribution in [3.63, 3.8) is 0 Å². The summed E-state index contributed by atoms with van der Waals surface area (Å²) in [6, 6.07) is 7.98. The van der Waals surface area contributed by atoms with E-state index in [1.54, 1.807) is 7.11 Å². The van der Waals surface area contributed by atoms with Crippen LogP contribution >= 0.6 is 0 Å². The first kappa shape index (κ1) is 12.5. The Labute approximate surface area is 114 Å². The molecule has 1 saturated carbocycles. The number of benzene rings is 1. The number of ether oxygens (including phenoxy) is 1. The van der Waals surface area contributed by atoms with Gasteiger partial charge in [0, 0.05) is 18.2 Å². The predicted molar refractivity (Wildman–Crippen MR) is 74.4 cm³/mol. The molecule has 3 heteroatoms. The van der Waals surface area contributed by atoms with Crippen molar-refractivity contribution in [3.8, 4) is 5.75 Å². The van der Waals surface area contributed by atoms with Crippen LogP contribution in [-0.2, 0) is 0 Å². The van der Waals surface area contributed by atoms with Crippen molar-refractivity contribution in [1.82, 2.24) is 4.90 Å². The molecule has 1 aromatic rings. The topological polar surface area (TPSA) is 29.5 Å².